The molecular weight excluding hydrogens is 647 g/mol. The highest BCUT2D eigenvalue weighted by Crippen LogP contribution is 2.42. The van der Waals surface area contributed by atoms with Crippen molar-refractivity contribution in [3.63, 3.8) is 0 Å². The smallest absolute Gasteiger partial charge is 0.164 e. The molecule has 0 spiro atoms. The lowest BCUT2D eigenvalue weighted by molar-refractivity contribution is 0.670. The number of rotatable bonds is 6. The third-order valence-electron chi connectivity index (χ3n) is 9.94. The molecule has 248 valence electrons. The summed E-state index contributed by atoms with van der Waals surface area (Å²) in [5.41, 5.74) is 11.0. The van der Waals surface area contributed by atoms with Crippen molar-refractivity contribution in [2.75, 3.05) is 0 Å². The number of nitrogens with zero attached hydrogens (tertiary/aromatic N) is 3. The molecule has 0 saturated heterocycles. The van der Waals surface area contributed by atoms with E-state index in [9.17, 15) is 0 Å². The molecule has 0 bridgehead atoms. The van der Waals surface area contributed by atoms with Crippen molar-refractivity contribution >= 4 is 32.7 Å². The van der Waals surface area contributed by atoms with Crippen molar-refractivity contribution in [3.05, 3.63) is 188 Å². The number of para-hydroxylation sites is 1. The van der Waals surface area contributed by atoms with E-state index in [-0.39, 0.29) is 0 Å². The van der Waals surface area contributed by atoms with Crippen molar-refractivity contribution in [2.24, 2.45) is 0 Å². The van der Waals surface area contributed by atoms with E-state index >= 15 is 0 Å². The summed E-state index contributed by atoms with van der Waals surface area (Å²) in [6, 6.07) is 65.2. The van der Waals surface area contributed by atoms with E-state index < -0.39 is 0 Å². The average Bonchev–Trinajstić information content (AvgIpc) is 3.64. The summed E-state index contributed by atoms with van der Waals surface area (Å²) in [5, 5.41) is 4.40. The van der Waals surface area contributed by atoms with Gasteiger partial charge in [-0.05, 0) is 68.9 Å². The molecule has 8 aromatic carbocycles. The van der Waals surface area contributed by atoms with E-state index in [1.165, 1.54) is 10.8 Å². The molecule has 10 rings (SSSR count). The fourth-order valence-corrected chi connectivity index (χ4v) is 7.35. The fraction of sp³-hybridized carbons (Fsp3) is 0. The van der Waals surface area contributed by atoms with Gasteiger partial charge in [0, 0.05) is 33.0 Å². The maximum atomic E-state index is 6.61. The molecule has 2 aromatic heterocycles. The van der Waals surface area contributed by atoms with Crippen molar-refractivity contribution in [2.45, 2.75) is 0 Å². The molecule has 0 N–H and O–H groups in total. The Hall–Kier alpha value is -7.17. The lowest BCUT2D eigenvalue weighted by atomic mass is 9.91. The van der Waals surface area contributed by atoms with E-state index in [1.807, 2.05) is 54.6 Å². The van der Waals surface area contributed by atoms with E-state index in [4.69, 9.17) is 19.4 Å². The standard InChI is InChI=1S/C49H31N3O/c1-4-15-33(16-5-1)39-27-26-38(31-43(39)37-25-24-32-14-10-11-21-36(32)30-37)48-50-47(35-19-8-3-9-20-35)51-49(52-48)42-29-28-40(34-17-6-2-7-18-34)46-45(42)41-22-12-13-23-44(41)53-46/h1-31H. The Morgan fingerprint density at radius 1 is 0.321 bits per heavy atom. The number of aromatic nitrogens is 3. The summed E-state index contributed by atoms with van der Waals surface area (Å²) in [7, 11) is 0. The first kappa shape index (κ1) is 30.6. The van der Waals surface area contributed by atoms with Gasteiger partial charge in [0.15, 0.2) is 17.5 Å². The van der Waals surface area contributed by atoms with Crippen LogP contribution in [-0.4, -0.2) is 15.0 Å². The molecule has 4 heteroatoms. The average molecular weight is 678 g/mol. The van der Waals surface area contributed by atoms with Gasteiger partial charge in [0.1, 0.15) is 11.2 Å². The van der Waals surface area contributed by atoms with Crippen molar-refractivity contribution in [3.8, 4) is 67.5 Å². The monoisotopic (exact) mass is 677 g/mol. The van der Waals surface area contributed by atoms with Crippen LogP contribution in [-0.2, 0) is 0 Å². The van der Waals surface area contributed by atoms with E-state index in [0.29, 0.717) is 17.5 Å². The molecule has 53 heavy (non-hydrogen) atoms. The van der Waals surface area contributed by atoms with E-state index in [2.05, 4.69) is 133 Å². The molecule has 2 heterocycles. The van der Waals surface area contributed by atoms with Gasteiger partial charge in [-0.15, -0.1) is 0 Å². The van der Waals surface area contributed by atoms with Gasteiger partial charge in [-0.1, -0.05) is 158 Å². The second-order valence-corrected chi connectivity index (χ2v) is 13.2. The van der Waals surface area contributed by atoms with Crippen LogP contribution in [0.1, 0.15) is 0 Å². The molecule has 4 nitrogen and oxygen atoms in total. The zero-order valence-corrected chi connectivity index (χ0v) is 28.6. The Kier molecular flexibility index (Phi) is 7.43. The SMILES string of the molecule is c1ccc(-c2nc(-c3ccc(-c4ccccc4)c(-c4ccc5ccccc5c4)c3)nc(-c3ccc(-c4ccccc4)c4oc5ccccc5c34)n2)cc1. The van der Waals surface area contributed by atoms with Crippen LogP contribution in [0.4, 0.5) is 0 Å². The second-order valence-electron chi connectivity index (χ2n) is 13.2. The zero-order valence-electron chi connectivity index (χ0n) is 28.6. The van der Waals surface area contributed by atoms with Crippen LogP contribution < -0.4 is 0 Å². The summed E-state index contributed by atoms with van der Waals surface area (Å²) in [4.78, 5) is 15.6. The van der Waals surface area contributed by atoms with Crippen LogP contribution in [0.2, 0.25) is 0 Å². The van der Waals surface area contributed by atoms with Crippen molar-refractivity contribution < 1.29 is 4.42 Å². The normalized spacial score (nSPS) is 11.4. The molecule has 0 unspecified atom stereocenters. The van der Waals surface area contributed by atoms with E-state index in [1.54, 1.807) is 0 Å². The minimum Gasteiger partial charge on any atom is -0.455 e. The zero-order chi connectivity index (χ0) is 35.1. The number of benzene rings is 8. The lowest BCUT2D eigenvalue weighted by Gasteiger charge is -2.15. The van der Waals surface area contributed by atoms with Gasteiger partial charge in [0.05, 0.1) is 0 Å². The van der Waals surface area contributed by atoms with Crippen LogP contribution in [0.5, 0.6) is 0 Å². The van der Waals surface area contributed by atoms with Gasteiger partial charge in [0.25, 0.3) is 0 Å². The van der Waals surface area contributed by atoms with Crippen LogP contribution >= 0.6 is 0 Å². The topological polar surface area (TPSA) is 51.8 Å². The molecular formula is C49H31N3O. The lowest BCUT2D eigenvalue weighted by Crippen LogP contribution is -2.01. The van der Waals surface area contributed by atoms with Gasteiger partial charge in [-0.2, -0.15) is 0 Å². The Morgan fingerprint density at radius 2 is 0.868 bits per heavy atom. The Labute approximate surface area is 306 Å². The Bertz CT molecular complexity index is 2940. The summed E-state index contributed by atoms with van der Waals surface area (Å²) < 4.78 is 6.61. The second kappa shape index (κ2) is 12.9. The highest BCUT2D eigenvalue weighted by atomic mass is 16.3. The molecule has 10 aromatic rings. The predicted molar refractivity (Wildman–Crippen MR) is 217 cm³/mol. The maximum absolute atomic E-state index is 6.61. The number of hydrogen-bond acceptors (Lipinski definition) is 4. The van der Waals surface area contributed by atoms with Crippen LogP contribution in [0.25, 0.3) is 100 Å². The third kappa shape index (κ3) is 5.54. The summed E-state index contributed by atoms with van der Waals surface area (Å²) in [6.07, 6.45) is 0. The van der Waals surface area contributed by atoms with E-state index in [0.717, 1.165) is 72.0 Å². The van der Waals surface area contributed by atoms with Crippen molar-refractivity contribution in [1.29, 1.82) is 0 Å². The van der Waals surface area contributed by atoms with Crippen molar-refractivity contribution in [1.82, 2.24) is 15.0 Å². The first-order chi connectivity index (χ1) is 26.3. The Balaban J connectivity index is 1.22. The van der Waals surface area contributed by atoms with Crippen LogP contribution in [0.3, 0.4) is 0 Å². The molecule has 0 radical (unpaired) electrons. The minimum absolute atomic E-state index is 0.587. The molecule has 0 fully saturated rings. The van der Waals surface area contributed by atoms with Gasteiger partial charge in [-0.3, -0.25) is 0 Å². The third-order valence-corrected chi connectivity index (χ3v) is 9.94. The van der Waals surface area contributed by atoms with Gasteiger partial charge < -0.3 is 4.42 Å². The van der Waals surface area contributed by atoms with Crippen LogP contribution in [0.15, 0.2) is 192 Å². The Morgan fingerprint density at radius 3 is 1.62 bits per heavy atom. The van der Waals surface area contributed by atoms with Gasteiger partial charge in [0.2, 0.25) is 0 Å². The van der Waals surface area contributed by atoms with Gasteiger partial charge in [-0.25, -0.2) is 15.0 Å². The molecule has 0 aliphatic carbocycles. The minimum atomic E-state index is 0.587. The number of hydrogen-bond donors (Lipinski definition) is 0. The predicted octanol–water partition coefficient (Wildman–Crippen LogP) is 12.9. The summed E-state index contributed by atoms with van der Waals surface area (Å²) in [6.45, 7) is 0. The fourth-order valence-electron chi connectivity index (χ4n) is 7.35. The first-order valence-electron chi connectivity index (χ1n) is 17.8. The molecule has 0 saturated carbocycles. The molecule has 0 aliphatic heterocycles. The largest absolute Gasteiger partial charge is 0.455 e. The first-order valence-corrected chi connectivity index (χ1v) is 17.8. The molecule has 0 amide bonds. The number of furan rings is 1. The van der Waals surface area contributed by atoms with Crippen LogP contribution in [0, 0.1) is 0 Å². The molecule has 0 aliphatic rings. The van der Waals surface area contributed by atoms with Gasteiger partial charge >= 0.3 is 0 Å². The quantitative estimate of drug-likeness (QED) is 0.176. The maximum Gasteiger partial charge on any atom is 0.164 e. The molecule has 0 atom stereocenters. The summed E-state index contributed by atoms with van der Waals surface area (Å²) >= 11 is 0. The highest BCUT2D eigenvalue weighted by Gasteiger charge is 2.21. The highest BCUT2D eigenvalue weighted by molar-refractivity contribution is 6.15. The summed E-state index contributed by atoms with van der Waals surface area (Å²) in [5.74, 6) is 1.80. The number of fused-ring (bicyclic) bond motifs is 4.